The molecule has 26 heavy (non-hydrogen) atoms. The first-order valence-corrected chi connectivity index (χ1v) is 9.70. The highest BCUT2D eigenvalue weighted by atomic mass is 127. The Morgan fingerprint density at radius 2 is 2.00 bits per heavy atom. The maximum absolute atomic E-state index is 5.99. The van der Waals surface area contributed by atoms with Crippen molar-refractivity contribution in [3.63, 3.8) is 0 Å². The Morgan fingerprint density at radius 3 is 2.58 bits per heavy atom. The molecule has 0 saturated heterocycles. The maximum atomic E-state index is 5.99. The van der Waals surface area contributed by atoms with E-state index in [1.165, 1.54) is 25.7 Å². The number of hydrogen-bond acceptors (Lipinski definition) is 4. The van der Waals surface area contributed by atoms with Crippen LogP contribution in [0.15, 0.2) is 9.41 Å². The quantitative estimate of drug-likeness (QED) is 0.320. The summed E-state index contributed by atoms with van der Waals surface area (Å²) in [4.78, 5) is 8.95. The Kier molecular flexibility index (Phi) is 11.2. The Hall–Kier alpha value is -0.830. The van der Waals surface area contributed by atoms with Crippen LogP contribution in [0.5, 0.6) is 0 Å². The summed E-state index contributed by atoms with van der Waals surface area (Å²) in [5, 5.41) is 6.69. The summed E-state index contributed by atoms with van der Waals surface area (Å²) in [5.41, 5.74) is 0.930. The number of halogens is 1. The molecule has 1 saturated carbocycles. The molecule has 2 N–H and O–H groups in total. The summed E-state index contributed by atoms with van der Waals surface area (Å²) >= 11 is 0. The summed E-state index contributed by atoms with van der Waals surface area (Å²) in [6.07, 6.45) is 6.69. The molecule has 0 radical (unpaired) electrons. The molecular weight excluding hydrogens is 443 g/mol. The molecule has 1 heterocycles. The molecule has 0 spiro atoms. The highest BCUT2D eigenvalue weighted by Crippen LogP contribution is 2.30. The minimum absolute atomic E-state index is 0. The van der Waals surface area contributed by atoms with Crippen molar-refractivity contribution in [3.05, 3.63) is 17.3 Å². The van der Waals surface area contributed by atoms with Gasteiger partial charge in [-0.1, -0.05) is 12.8 Å². The molecule has 7 heteroatoms. The molecule has 1 fully saturated rings. The summed E-state index contributed by atoms with van der Waals surface area (Å²) in [6, 6.07) is 0. The van der Waals surface area contributed by atoms with Crippen LogP contribution in [0.25, 0.3) is 0 Å². The lowest BCUT2D eigenvalue weighted by Crippen LogP contribution is -2.39. The normalized spacial score (nSPS) is 16.4. The smallest absolute Gasteiger partial charge is 0.216 e. The fourth-order valence-corrected chi connectivity index (χ4v) is 3.43. The van der Waals surface area contributed by atoms with Gasteiger partial charge in [0.1, 0.15) is 12.3 Å². The summed E-state index contributed by atoms with van der Waals surface area (Å²) < 4.78 is 11.6. The van der Waals surface area contributed by atoms with Crippen LogP contribution in [0.4, 0.5) is 0 Å². The lowest BCUT2D eigenvalue weighted by molar-refractivity contribution is 0.0169. The number of rotatable bonds is 9. The molecule has 6 nitrogen and oxygen atoms in total. The van der Waals surface area contributed by atoms with E-state index in [1.807, 2.05) is 13.8 Å². The number of aryl methyl sites for hydroxylation is 2. The van der Waals surface area contributed by atoms with Crippen LogP contribution in [0, 0.1) is 19.8 Å². The lowest BCUT2D eigenvalue weighted by Gasteiger charge is -2.24. The molecule has 1 aliphatic rings. The Balaban J connectivity index is 0.00000338. The van der Waals surface area contributed by atoms with Crippen molar-refractivity contribution in [1.29, 1.82) is 0 Å². The monoisotopic (exact) mass is 478 g/mol. The van der Waals surface area contributed by atoms with Gasteiger partial charge in [0.15, 0.2) is 5.96 Å². The van der Waals surface area contributed by atoms with Gasteiger partial charge in [0, 0.05) is 19.7 Å². The summed E-state index contributed by atoms with van der Waals surface area (Å²) in [5.74, 6) is 3.04. The first-order valence-electron chi connectivity index (χ1n) is 9.70. The van der Waals surface area contributed by atoms with E-state index in [4.69, 9.17) is 9.15 Å². The molecule has 0 aromatic carbocycles. The first-order chi connectivity index (χ1) is 12.1. The summed E-state index contributed by atoms with van der Waals surface area (Å²) in [7, 11) is 0. The van der Waals surface area contributed by atoms with Gasteiger partial charge in [0.2, 0.25) is 5.89 Å². The minimum atomic E-state index is 0. The first kappa shape index (κ1) is 23.2. The molecule has 1 unspecified atom stereocenters. The van der Waals surface area contributed by atoms with Gasteiger partial charge in [0.25, 0.3) is 0 Å². The van der Waals surface area contributed by atoms with Crippen LogP contribution in [-0.4, -0.2) is 36.7 Å². The number of ether oxygens (including phenoxy) is 1. The predicted octanol–water partition coefficient (Wildman–Crippen LogP) is 3.95. The number of aliphatic imine (C=N–C) groups is 1. The van der Waals surface area contributed by atoms with E-state index in [0.29, 0.717) is 18.5 Å². The van der Waals surface area contributed by atoms with Crippen molar-refractivity contribution in [1.82, 2.24) is 15.6 Å². The third-order valence-corrected chi connectivity index (χ3v) is 4.82. The van der Waals surface area contributed by atoms with Crippen molar-refractivity contribution in [2.75, 3.05) is 19.7 Å². The van der Waals surface area contributed by atoms with Crippen molar-refractivity contribution in [2.24, 2.45) is 10.9 Å². The zero-order valence-corrected chi connectivity index (χ0v) is 19.0. The highest BCUT2D eigenvalue weighted by molar-refractivity contribution is 14.0. The third-order valence-electron chi connectivity index (χ3n) is 4.82. The maximum Gasteiger partial charge on any atom is 0.216 e. The van der Waals surface area contributed by atoms with E-state index in [9.17, 15) is 0 Å². The fraction of sp³-hybridized carbons (Fsp3) is 0.789. The second kappa shape index (κ2) is 12.5. The average Bonchev–Trinajstić information content (AvgIpc) is 3.22. The van der Waals surface area contributed by atoms with Crippen LogP contribution < -0.4 is 10.6 Å². The van der Waals surface area contributed by atoms with Gasteiger partial charge in [-0.2, -0.15) is 0 Å². The van der Waals surface area contributed by atoms with E-state index in [-0.39, 0.29) is 24.0 Å². The molecule has 1 atom stereocenters. The van der Waals surface area contributed by atoms with Crippen LogP contribution in [0.3, 0.4) is 0 Å². The Labute approximate surface area is 175 Å². The van der Waals surface area contributed by atoms with Crippen LogP contribution in [-0.2, 0) is 11.3 Å². The van der Waals surface area contributed by atoms with Crippen LogP contribution >= 0.6 is 24.0 Å². The van der Waals surface area contributed by atoms with Crippen LogP contribution in [0.1, 0.15) is 63.3 Å². The van der Waals surface area contributed by atoms with Gasteiger partial charge in [-0.25, -0.2) is 9.98 Å². The molecule has 150 valence electrons. The Morgan fingerprint density at radius 1 is 1.27 bits per heavy atom. The number of oxazole rings is 1. The molecular formula is C19H35IN4O2. The van der Waals surface area contributed by atoms with Crippen molar-refractivity contribution in [3.8, 4) is 0 Å². The van der Waals surface area contributed by atoms with Crippen molar-refractivity contribution >= 4 is 29.9 Å². The van der Waals surface area contributed by atoms with Gasteiger partial charge in [-0.3, -0.25) is 0 Å². The van der Waals surface area contributed by atoms with E-state index in [1.54, 1.807) is 0 Å². The number of nitrogens with one attached hydrogen (secondary N) is 2. The van der Waals surface area contributed by atoms with E-state index in [2.05, 4.69) is 34.5 Å². The van der Waals surface area contributed by atoms with Gasteiger partial charge in [-0.05, 0) is 52.9 Å². The predicted molar refractivity (Wildman–Crippen MR) is 116 cm³/mol. The van der Waals surface area contributed by atoms with E-state index < -0.39 is 0 Å². The molecule has 0 amide bonds. The molecule has 0 bridgehead atoms. The number of aromatic nitrogens is 1. The lowest BCUT2D eigenvalue weighted by atomic mass is 9.98. The average molecular weight is 478 g/mol. The van der Waals surface area contributed by atoms with Gasteiger partial charge in [0.05, 0.1) is 11.8 Å². The van der Waals surface area contributed by atoms with Crippen molar-refractivity contribution < 1.29 is 9.15 Å². The van der Waals surface area contributed by atoms with Gasteiger partial charge >= 0.3 is 0 Å². The zero-order valence-electron chi connectivity index (χ0n) is 16.6. The molecule has 1 aliphatic carbocycles. The largest absolute Gasteiger partial charge is 0.444 e. The standard InChI is InChI=1S/C19H34N4O2.HI/c1-5-20-19(22-13-18-23-14(3)15(4)25-18)21-12-11-17(24-6-2)16-9-7-8-10-16;/h16-17H,5-13H2,1-4H3,(H2,20,21,22);1H. The van der Waals surface area contributed by atoms with E-state index in [0.717, 1.165) is 49.4 Å². The third kappa shape index (κ3) is 7.42. The molecule has 1 aromatic heterocycles. The number of nitrogens with zero attached hydrogens (tertiary/aromatic N) is 2. The zero-order chi connectivity index (χ0) is 18.1. The van der Waals surface area contributed by atoms with Gasteiger partial charge < -0.3 is 19.8 Å². The molecule has 0 aliphatic heterocycles. The second-order valence-electron chi connectivity index (χ2n) is 6.70. The second-order valence-corrected chi connectivity index (χ2v) is 6.70. The fourth-order valence-electron chi connectivity index (χ4n) is 3.43. The summed E-state index contributed by atoms with van der Waals surface area (Å²) in [6.45, 7) is 10.9. The van der Waals surface area contributed by atoms with Crippen LogP contribution in [0.2, 0.25) is 0 Å². The topological polar surface area (TPSA) is 71.7 Å². The SMILES string of the molecule is CCNC(=NCc1nc(C)c(C)o1)NCCC(OCC)C1CCCC1.I. The Bertz CT molecular complexity index is 522. The highest BCUT2D eigenvalue weighted by Gasteiger charge is 2.25. The van der Waals surface area contributed by atoms with Gasteiger partial charge in [-0.15, -0.1) is 24.0 Å². The number of guanidine groups is 1. The molecule has 1 aromatic rings. The number of hydrogen-bond donors (Lipinski definition) is 2. The minimum Gasteiger partial charge on any atom is -0.444 e. The van der Waals surface area contributed by atoms with E-state index >= 15 is 0 Å². The molecule has 2 rings (SSSR count). The van der Waals surface area contributed by atoms with Crippen molar-refractivity contribution in [2.45, 2.75) is 72.4 Å².